The van der Waals surface area contributed by atoms with E-state index in [0.29, 0.717) is 0 Å². The molecule has 1 fully saturated rings. The van der Waals surface area contributed by atoms with Gasteiger partial charge in [-0.25, -0.2) is 0 Å². The lowest BCUT2D eigenvalue weighted by Crippen LogP contribution is -2.49. The number of carbonyl (C=O) groups is 1. The number of rotatable bonds is 6. The molecule has 3 aromatic rings. The Morgan fingerprint density at radius 2 is 1.48 bits per heavy atom. The van der Waals surface area contributed by atoms with Crippen LogP contribution in [0.1, 0.15) is 22.6 Å². The standard InChI is InChI=1S/C26H27BrN2O2/c1-31-24-13-12-23(27)18-22(24)19-28-14-16-29(17-15-28)26(30)25(20-8-4-2-5-9-20)21-10-6-3-7-11-21/h2-13,18,25H,14-17,19H2,1H3. The van der Waals surface area contributed by atoms with Crippen LogP contribution < -0.4 is 4.74 Å². The molecule has 0 saturated carbocycles. The second kappa shape index (κ2) is 10.1. The topological polar surface area (TPSA) is 32.8 Å². The van der Waals surface area contributed by atoms with Crippen molar-refractivity contribution in [2.24, 2.45) is 0 Å². The summed E-state index contributed by atoms with van der Waals surface area (Å²) in [7, 11) is 1.71. The summed E-state index contributed by atoms with van der Waals surface area (Å²) in [5.41, 5.74) is 3.24. The lowest BCUT2D eigenvalue weighted by Gasteiger charge is -2.37. The summed E-state index contributed by atoms with van der Waals surface area (Å²) in [6, 6.07) is 26.3. The fourth-order valence-electron chi connectivity index (χ4n) is 4.19. The van der Waals surface area contributed by atoms with Crippen molar-refractivity contribution in [3.05, 3.63) is 100 Å². The molecule has 0 aliphatic carbocycles. The van der Waals surface area contributed by atoms with Crippen molar-refractivity contribution in [1.82, 2.24) is 9.80 Å². The fourth-order valence-corrected chi connectivity index (χ4v) is 4.60. The monoisotopic (exact) mass is 478 g/mol. The first kappa shape index (κ1) is 21.6. The highest BCUT2D eigenvalue weighted by Gasteiger charge is 2.30. The number of piperazine rings is 1. The maximum Gasteiger partial charge on any atom is 0.234 e. The van der Waals surface area contributed by atoms with Crippen LogP contribution in [0.2, 0.25) is 0 Å². The van der Waals surface area contributed by atoms with Gasteiger partial charge in [0.2, 0.25) is 5.91 Å². The van der Waals surface area contributed by atoms with Crippen LogP contribution in [0.4, 0.5) is 0 Å². The number of ether oxygens (including phenoxy) is 1. The molecule has 0 spiro atoms. The molecule has 5 heteroatoms. The third-order valence-electron chi connectivity index (χ3n) is 5.83. The van der Waals surface area contributed by atoms with Gasteiger partial charge in [0.25, 0.3) is 0 Å². The first-order valence-electron chi connectivity index (χ1n) is 10.6. The third-order valence-corrected chi connectivity index (χ3v) is 6.33. The van der Waals surface area contributed by atoms with Crippen LogP contribution in [0, 0.1) is 0 Å². The SMILES string of the molecule is COc1ccc(Br)cc1CN1CCN(C(=O)C(c2ccccc2)c2ccccc2)CC1. The molecule has 160 valence electrons. The molecule has 3 aromatic carbocycles. The lowest BCUT2D eigenvalue weighted by molar-refractivity contribution is -0.133. The normalized spacial score (nSPS) is 14.6. The Labute approximate surface area is 192 Å². The minimum atomic E-state index is -0.265. The van der Waals surface area contributed by atoms with Gasteiger partial charge in [-0.3, -0.25) is 9.69 Å². The summed E-state index contributed by atoms with van der Waals surface area (Å²) in [4.78, 5) is 18.0. The zero-order valence-electron chi connectivity index (χ0n) is 17.7. The number of carbonyl (C=O) groups excluding carboxylic acids is 1. The highest BCUT2D eigenvalue weighted by molar-refractivity contribution is 9.10. The van der Waals surface area contributed by atoms with E-state index in [1.165, 1.54) is 0 Å². The van der Waals surface area contributed by atoms with Crippen LogP contribution >= 0.6 is 15.9 Å². The van der Waals surface area contributed by atoms with E-state index in [1.54, 1.807) is 7.11 Å². The fraction of sp³-hybridized carbons (Fsp3) is 0.269. The van der Waals surface area contributed by atoms with E-state index in [9.17, 15) is 4.79 Å². The predicted octanol–water partition coefficient (Wildman–Crippen LogP) is 4.93. The van der Waals surface area contributed by atoms with Gasteiger partial charge in [-0.1, -0.05) is 76.6 Å². The predicted molar refractivity (Wildman–Crippen MR) is 127 cm³/mol. The summed E-state index contributed by atoms with van der Waals surface area (Å²) >= 11 is 3.55. The number of amides is 1. The molecule has 1 saturated heterocycles. The Hall–Kier alpha value is -2.63. The van der Waals surface area contributed by atoms with Crippen molar-refractivity contribution in [3.63, 3.8) is 0 Å². The van der Waals surface area contributed by atoms with E-state index in [2.05, 4.69) is 26.9 Å². The summed E-state index contributed by atoms with van der Waals surface area (Å²) in [6.07, 6.45) is 0. The molecule has 1 aliphatic rings. The zero-order chi connectivity index (χ0) is 21.6. The maximum absolute atomic E-state index is 13.6. The number of benzene rings is 3. The minimum absolute atomic E-state index is 0.178. The number of hydrogen-bond acceptors (Lipinski definition) is 3. The van der Waals surface area contributed by atoms with Crippen LogP contribution in [0.15, 0.2) is 83.3 Å². The van der Waals surface area contributed by atoms with Crippen molar-refractivity contribution in [1.29, 1.82) is 0 Å². The van der Waals surface area contributed by atoms with E-state index in [0.717, 1.165) is 59.6 Å². The molecule has 4 rings (SSSR count). The van der Waals surface area contributed by atoms with Crippen molar-refractivity contribution in [2.75, 3.05) is 33.3 Å². The molecule has 1 amide bonds. The summed E-state index contributed by atoms with van der Waals surface area (Å²) in [5.74, 6) is 0.811. The van der Waals surface area contributed by atoms with Gasteiger partial charge in [0.15, 0.2) is 0 Å². The number of nitrogens with zero attached hydrogens (tertiary/aromatic N) is 2. The van der Waals surface area contributed by atoms with Gasteiger partial charge in [-0.2, -0.15) is 0 Å². The average molecular weight is 479 g/mol. The Kier molecular flexibility index (Phi) is 7.05. The Morgan fingerprint density at radius 3 is 2.03 bits per heavy atom. The van der Waals surface area contributed by atoms with Crippen LogP contribution in [0.5, 0.6) is 5.75 Å². The highest BCUT2D eigenvalue weighted by Crippen LogP contribution is 2.28. The second-order valence-electron chi connectivity index (χ2n) is 7.81. The summed E-state index contributed by atoms with van der Waals surface area (Å²) < 4.78 is 6.57. The molecule has 0 atom stereocenters. The first-order valence-corrected chi connectivity index (χ1v) is 11.4. The Bertz CT molecular complexity index is 963. The average Bonchev–Trinajstić information content (AvgIpc) is 2.81. The van der Waals surface area contributed by atoms with E-state index < -0.39 is 0 Å². The molecular weight excluding hydrogens is 452 g/mol. The van der Waals surface area contributed by atoms with E-state index >= 15 is 0 Å². The van der Waals surface area contributed by atoms with E-state index in [1.807, 2.05) is 77.7 Å². The molecule has 0 unspecified atom stereocenters. The molecule has 1 heterocycles. The van der Waals surface area contributed by atoms with E-state index in [4.69, 9.17) is 4.74 Å². The van der Waals surface area contributed by atoms with E-state index in [-0.39, 0.29) is 11.8 Å². The molecule has 4 nitrogen and oxygen atoms in total. The molecule has 0 N–H and O–H groups in total. The summed E-state index contributed by atoms with van der Waals surface area (Å²) in [6.45, 7) is 3.96. The molecule has 0 aromatic heterocycles. The quantitative estimate of drug-likeness (QED) is 0.503. The number of hydrogen-bond donors (Lipinski definition) is 0. The van der Waals surface area contributed by atoms with Crippen LogP contribution in [0.3, 0.4) is 0 Å². The smallest absolute Gasteiger partial charge is 0.234 e. The first-order chi connectivity index (χ1) is 15.2. The van der Waals surface area contributed by atoms with Crippen LogP contribution in [-0.4, -0.2) is 49.0 Å². The lowest BCUT2D eigenvalue weighted by atomic mass is 9.90. The van der Waals surface area contributed by atoms with Crippen molar-refractivity contribution < 1.29 is 9.53 Å². The van der Waals surface area contributed by atoms with Gasteiger partial charge in [0.05, 0.1) is 13.0 Å². The molecular formula is C26H27BrN2O2. The molecule has 0 radical (unpaired) electrons. The van der Waals surface area contributed by atoms with Gasteiger partial charge in [0.1, 0.15) is 5.75 Å². The van der Waals surface area contributed by atoms with Crippen LogP contribution in [0.25, 0.3) is 0 Å². The Morgan fingerprint density at radius 1 is 0.903 bits per heavy atom. The van der Waals surface area contributed by atoms with Gasteiger partial charge >= 0.3 is 0 Å². The van der Waals surface area contributed by atoms with Crippen LogP contribution in [-0.2, 0) is 11.3 Å². The number of halogens is 1. The molecule has 1 aliphatic heterocycles. The van der Waals surface area contributed by atoms with Crippen molar-refractivity contribution in [2.45, 2.75) is 12.5 Å². The van der Waals surface area contributed by atoms with Gasteiger partial charge in [-0.05, 0) is 29.3 Å². The number of methoxy groups -OCH3 is 1. The van der Waals surface area contributed by atoms with Gasteiger partial charge < -0.3 is 9.64 Å². The largest absolute Gasteiger partial charge is 0.496 e. The van der Waals surface area contributed by atoms with Gasteiger partial charge in [-0.15, -0.1) is 0 Å². The molecule has 0 bridgehead atoms. The molecule has 31 heavy (non-hydrogen) atoms. The third kappa shape index (κ3) is 5.17. The van der Waals surface area contributed by atoms with Crippen molar-refractivity contribution in [3.8, 4) is 5.75 Å². The summed E-state index contributed by atoms with van der Waals surface area (Å²) in [5, 5.41) is 0. The Balaban J connectivity index is 1.46. The highest BCUT2D eigenvalue weighted by atomic mass is 79.9. The second-order valence-corrected chi connectivity index (χ2v) is 8.73. The zero-order valence-corrected chi connectivity index (χ0v) is 19.3. The minimum Gasteiger partial charge on any atom is -0.496 e. The van der Waals surface area contributed by atoms with Crippen molar-refractivity contribution >= 4 is 21.8 Å². The maximum atomic E-state index is 13.6. The van der Waals surface area contributed by atoms with Gasteiger partial charge in [0, 0.05) is 42.8 Å².